The Kier molecular flexibility index (Phi) is 6.10. The molecule has 1 aliphatic heterocycles. The molecule has 1 aliphatic rings. The van der Waals surface area contributed by atoms with Gasteiger partial charge in [-0.15, -0.1) is 10.2 Å². The van der Waals surface area contributed by atoms with Crippen molar-refractivity contribution in [2.45, 2.75) is 19.4 Å². The fourth-order valence-electron chi connectivity index (χ4n) is 4.99. The third-order valence-electron chi connectivity index (χ3n) is 6.93. The zero-order valence-electron chi connectivity index (χ0n) is 20.4. The summed E-state index contributed by atoms with van der Waals surface area (Å²) in [6.45, 7) is 3.23. The molecule has 5 aromatic rings. The summed E-state index contributed by atoms with van der Waals surface area (Å²) in [6, 6.07) is 23.2. The maximum atomic E-state index is 13.4. The zero-order valence-corrected chi connectivity index (χ0v) is 20.4. The summed E-state index contributed by atoms with van der Waals surface area (Å²) in [7, 11) is 0. The molecule has 1 fully saturated rings. The molecular weight excluding hydrogens is 466 g/mol. The van der Waals surface area contributed by atoms with E-state index < -0.39 is 0 Å². The first-order valence-corrected chi connectivity index (χ1v) is 12.5. The Morgan fingerprint density at radius 1 is 0.838 bits per heavy atom. The Balaban J connectivity index is 1.23. The second kappa shape index (κ2) is 9.85. The maximum Gasteiger partial charge on any atom is 0.263 e. The van der Waals surface area contributed by atoms with Gasteiger partial charge in [-0.3, -0.25) is 18.6 Å². The number of aryl methyl sites for hydroxylation is 1. The van der Waals surface area contributed by atoms with E-state index in [1.54, 1.807) is 10.8 Å². The SMILES string of the molecule is O=C(CCc1nnc2n(Cc3ccccc3)c(=O)c3ccccc3n12)N1CCN(c2ccccn2)CC1. The Hall–Kier alpha value is -4.53. The molecule has 0 bridgehead atoms. The number of amides is 1. The van der Waals surface area contributed by atoms with Crippen molar-refractivity contribution in [2.75, 3.05) is 31.1 Å². The molecule has 37 heavy (non-hydrogen) atoms. The topological polar surface area (TPSA) is 88.6 Å². The molecule has 1 saturated heterocycles. The van der Waals surface area contributed by atoms with Crippen molar-refractivity contribution in [3.63, 3.8) is 0 Å². The van der Waals surface area contributed by atoms with Gasteiger partial charge in [-0.1, -0.05) is 48.5 Å². The molecule has 0 atom stereocenters. The molecule has 6 rings (SSSR count). The first-order valence-electron chi connectivity index (χ1n) is 12.5. The highest BCUT2D eigenvalue weighted by molar-refractivity contribution is 5.80. The van der Waals surface area contributed by atoms with Gasteiger partial charge in [0, 0.05) is 45.2 Å². The standard InChI is InChI=1S/C28H27N7O2/c36-26(33-18-16-32(17-19-33)24-12-6-7-15-29-24)14-13-25-30-31-28-34(20-21-8-2-1-3-9-21)27(37)22-10-4-5-11-23(22)35(25)28/h1-12,15H,13-14,16-20H2. The molecule has 1 amide bonds. The molecule has 0 spiro atoms. The van der Waals surface area contributed by atoms with Gasteiger partial charge in [0.05, 0.1) is 17.4 Å². The average Bonchev–Trinajstić information content (AvgIpc) is 3.39. The number of carbonyl (C=O) groups excluding carboxylic acids is 1. The van der Waals surface area contributed by atoms with Gasteiger partial charge in [-0.2, -0.15) is 0 Å². The number of nitrogens with zero attached hydrogens (tertiary/aromatic N) is 7. The lowest BCUT2D eigenvalue weighted by atomic mass is 10.2. The van der Waals surface area contributed by atoms with Crippen molar-refractivity contribution < 1.29 is 4.79 Å². The molecule has 0 unspecified atom stereocenters. The average molecular weight is 494 g/mol. The molecule has 3 aromatic heterocycles. The molecule has 0 saturated carbocycles. The van der Waals surface area contributed by atoms with E-state index in [0.29, 0.717) is 49.5 Å². The third-order valence-corrected chi connectivity index (χ3v) is 6.93. The molecule has 9 heteroatoms. The predicted molar refractivity (Wildman–Crippen MR) is 142 cm³/mol. The van der Waals surface area contributed by atoms with Gasteiger partial charge in [-0.25, -0.2) is 4.98 Å². The second-order valence-electron chi connectivity index (χ2n) is 9.20. The van der Waals surface area contributed by atoms with Crippen LogP contribution in [0.1, 0.15) is 17.8 Å². The minimum atomic E-state index is -0.104. The van der Waals surface area contributed by atoms with E-state index in [1.165, 1.54) is 0 Å². The van der Waals surface area contributed by atoms with Crippen LogP contribution in [0.15, 0.2) is 83.8 Å². The number of hydrogen-bond donors (Lipinski definition) is 0. The first-order chi connectivity index (χ1) is 18.2. The van der Waals surface area contributed by atoms with Crippen molar-refractivity contribution in [1.82, 2.24) is 29.0 Å². The van der Waals surface area contributed by atoms with Crippen molar-refractivity contribution >= 4 is 28.4 Å². The first kappa shape index (κ1) is 22.9. The smallest absolute Gasteiger partial charge is 0.263 e. The molecule has 9 nitrogen and oxygen atoms in total. The maximum absolute atomic E-state index is 13.4. The number of aromatic nitrogens is 5. The molecule has 2 aromatic carbocycles. The highest BCUT2D eigenvalue weighted by Crippen LogP contribution is 2.18. The van der Waals surface area contributed by atoms with E-state index in [1.807, 2.05) is 82.1 Å². The summed E-state index contributed by atoms with van der Waals surface area (Å²) >= 11 is 0. The van der Waals surface area contributed by atoms with E-state index in [-0.39, 0.29) is 11.5 Å². The lowest BCUT2D eigenvalue weighted by Crippen LogP contribution is -2.49. The Morgan fingerprint density at radius 2 is 1.59 bits per heavy atom. The highest BCUT2D eigenvalue weighted by Gasteiger charge is 2.23. The van der Waals surface area contributed by atoms with E-state index in [0.717, 1.165) is 30.0 Å². The normalized spacial score (nSPS) is 13.9. The van der Waals surface area contributed by atoms with Gasteiger partial charge in [-0.05, 0) is 29.8 Å². The van der Waals surface area contributed by atoms with Crippen molar-refractivity contribution in [3.05, 3.63) is 101 Å². The van der Waals surface area contributed by atoms with Crippen molar-refractivity contribution in [2.24, 2.45) is 0 Å². The van der Waals surface area contributed by atoms with E-state index >= 15 is 0 Å². The van der Waals surface area contributed by atoms with Gasteiger partial charge in [0.1, 0.15) is 11.6 Å². The van der Waals surface area contributed by atoms with E-state index in [9.17, 15) is 9.59 Å². The fraction of sp³-hybridized carbons (Fsp3) is 0.250. The number of carbonyl (C=O) groups is 1. The van der Waals surface area contributed by atoms with Gasteiger partial charge in [0.25, 0.3) is 5.56 Å². The van der Waals surface area contributed by atoms with E-state index in [4.69, 9.17) is 0 Å². The molecule has 0 N–H and O–H groups in total. The number of hydrogen-bond acceptors (Lipinski definition) is 6. The fourth-order valence-corrected chi connectivity index (χ4v) is 4.99. The minimum Gasteiger partial charge on any atom is -0.353 e. The van der Waals surface area contributed by atoms with Crippen molar-refractivity contribution in [1.29, 1.82) is 0 Å². The van der Waals surface area contributed by atoms with Crippen LogP contribution < -0.4 is 10.5 Å². The van der Waals surface area contributed by atoms with Crippen LogP contribution in [0.2, 0.25) is 0 Å². The van der Waals surface area contributed by atoms with Gasteiger partial charge >= 0.3 is 0 Å². The van der Waals surface area contributed by atoms with Crippen LogP contribution in [0.5, 0.6) is 0 Å². The third kappa shape index (κ3) is 4.44. The van der Waals surface area contributed by atoms with Gasteiger partial charge < -0.3 is 9.80 Å². The number of fused-ring (bicyclic) bond motifs is 3. The summed E-state index contributed by atoms with van der Waals surface area (Å²) in [5.41, 5.74) is 1.65. The molecule has 0 aliphatic carbocycles. The number of benzene rings is 2. The van der Waals surface area contributed by atoms with Crippen LogP contribution in [0.25, 0.3) is 16.7 Å². The van der Waals surface area contributed by atoms with Gasteiger partial charge in [0.15, 0.2) is 0 Å². The van der Waals surface area contributed by atoms with Crippen molar-refractivity contribution in [3.8, 4) is 0 Å². The van der Waals surface area contributed by atoms with Crippen LogP contribution in [-0.2, 0) is 17.8 Å². The summed E-state index contributed by atoms with van der Waals surface area (Å²) in [5.74, 6) is 2.20. The van der Waals surface area contributed by atoms with Crippen LogP contribution in [0.4, 0.5) is 5.82 Å². The zero-order chi connectivity index (χ0) is 25.2. The lowest BCUT2D eigenvalue weighted by Gasteiger charge is -2.35. The van der Waals surface area contributed by atoms with Crippen LogP contribution in [0.3, 0.4) is 0 Å². The summed E-state index contributed by atoms with van der Waals surface area (Å²) in [4.78, 5) is 35.0. The highest BCUT2D eigenvalue weighted by atomic mass is 16.2. The lowest BCUT2D eigenvalue weighted by molar-refractivity contribution is -0.131. The number of para-hydroxylation sites is 1. The summed E-state index contributed by atoms with van der Waals surface area (Å²) in [6.07, 6.45) is 2.56. The predicted octanol–water partition coefficient (Wildman–Crippen LogP) is 2.77. The second-order valence-corrected chi connectivity index (χ2v) is 9.20. The molecular formula is C28H27N7O2. The summed E-state index contributed by atoms with van der Waals surface area (Å²) in [5, 5.41) is 9.42. The minimum absolute atomic E-state index is 0.0966. The number of piperazine rings is 1. The number of pyridine rings is 1. The van der Waals surface area contributed by atoms with E-state index in [2.05, 4.69) is 20.1 Å². The Morgan fingerprint density at radius 3 is 2.38 bits per heavy atom. The van der Waals surface area contributed by atoms with Crippen LogP contribution in [0, 0.1) is 0 Å². The van der Waals surface area contributed by atoms with Crippen LogP contribution >= 0.6 is 0 Å². The monoisotopic (exact) mass is 493 g/mol. The Labute approximate surface area is 213 Å². The van der Waals surface area contributed by atoms with Gasteiger partial charge in [0.2, 0.25) is 11.7 Å². The molecule has 4 heterocycles. The summed E-state index contributed by atoms with van der Waals surface area (Å²) < 4.78 is 3.58. The molecule has 0 radical (unpaired) electrons. The quantitative estimate of drug-likeness (QED) is 0.362. The largest absolute Gasteiger partial charge is 0.353 e. The van der Waals surface area contributed by atoms with Crippen LogP contribution in [-0.4, -0.2) is 61.1 Å². The Bertz CT molecular complexity index is 1600. The number of anilines is 1. The molecule has 186 valence electrons. The number of rotatable bonds is 6.